The molecule has 0 aliphatic rings. The van der Waals surface area contributed by atoms with Crippen LogP contribution >= 0.6 is 0 Å². The predicted molar refractivity (Wildman–Crippen MR) is 190 cm³/mol. The number of nitrogens with zero attached hydrogens (tertiary/aromatic N) is 4. The Morgan fingerprint density at radius 1 is 0.312 bits per heavy atom. The van der Waals surface area contributed by atoms with Gasteiger partial charge < -0.3 is 22.9 Å². The molecule has 0 aliphatic carbocycles. The van der Waals surface area contributed by atoms with Gasteiger partial charge in [-0.15, -0.1) is 0 Å². The molecule has 0 amide bonds. The molecule has 0 fully saturated rings. The first-order chi connectivity index (χ1) is 23.3. The minimum atomic E-state index is 0.252. The SMILES string of the molecule is N#Cc1cc(N)c(-c2ccccc2)cc1-c1cc(-c2cc(-c3cc(-c4ccccc4)c(N)cc3C#N)c(C#N)cc2N)c(N)cc1C#N. The zero-order chi connectivity index (χ0) is 33.9. The van der Waals surface area contributed by atoms with Crippen LogP contribution in [-0.2, 0) is 0 Å². The van der Waals surface area contributed by atoms with Gasteiger partial charge in [0, 0.05) is 67.3 Å². The van der Waals surface area contributed by atoms with Gasteiger partial charge in [-0.2, -0.15) is 21.0 Å². The summed E-state index contributed by atoms with van der Waals surface area (Å²) in [5.74, 6) is 0. The first-order valence-corrected chi connectivity index (χ1v) is 14.7. The Hall–Kier alpha value is -7.52. The van der Waals surface area contributed by atoms with E-state index in [1.54, 1.807) is 48.5 Å². The summed E-state index contributed by atoms with van der Waals surface area (Å²) >= 11 is 0. The van der Waals surface area contributed by atoms with Gasteiger partial charge in [0.25, 0.3) is 0 Å². The van der Waals surface area contributed by atoms with Crippen LogP contribution in [0.4, 0.5) is 22.7 Å². The summed E-state index contributed by atoms with van der Waals surface area (Å²) in [5, 5.41) is 40.6. The number of nitriles is 4. The minimum absolute atomic E-state index is 0.252. The van der Waals surface area contributed by atoms with Crippen LogP contribution in [0.25, 0.3) is 55.6 Å². The van der Waals surface area contributed by atoms with E-state index in [4.69, 9.17) is 22.9 Å². The fraction of sp³-hybridized carbons (Fsp3) is 0. The van der Waals surface area contributed by atoms with Gasteiger partial charge in [0.15, 0.2) is 0 Å². The van der Waals surface area contributed by atoms with Gasteiger partial charge in [0.05, 0.1) is 46.5 Å². The highest BCUT2D eigenvalue weighted by Crippen LogP contribution is 2.43. The molecular formula is C40H26N8. The van der Waals surface area contributed by atoms with Gasteiger partial charge in [-0.1, -0.05) is 60.7 Å². The molecule has 0 radical (unpaired) electrons. The summed E-state index contributed by atoms with van der Waals surface area (Å²) in [6, 6.07) is 41.2. The van der Waals surface area contributed by atoms with Crippen LogP contribution in [0.5, 0.6) is 0 Å². The zero-order valence-corrected chi connectivity index (χ0v) is 25.5. The average molecular weight is 619 g/mol. The highest BCUT2D eigenvalue weighted by Gasteiger charge is 2.21. The molecule has 8 N–H and O–H groups in total. The van der Waals surface area contributed by atoms with Crippen molar-refractivity contribution in [2.75, 3.05) is 22.9 Å². The first-order valence-electron chi connectivity index (χ1n) is 14.7. The highest BCUT2D eigenvalue weighted by atomic mass is 14.6. The molecule has 8 heteroatoms. The maximum atomic E-state index is 10.2. The van der Waals surface area contributed by atoms with E-state index in [9.17, 15) is 21.0 Å². The molecular weight excluding hydrogens is 592 g/mol. The van der Waals surface area contributed by atoms with Crippen molar-refractivity contribution >= 4 is 22.7 Å². The summed E-state index contributed by atoms with van der Waals surface area (Å²) in [7, 11) is 0. The Morgan fingerprint density at radius 3 is 0.833 bits per heavy atom. The van der Waals surface area contributed by atoms with Crippen LogP contribution in [-0.4, -0.2) is 0 Å². The number of rotatable bonds is 5. The third-order valence-electron chi connectivity index (χ3n) is 8.28. The van der Waals surface area contributed by atoms with E-state index < -0.39 is 0 Å². The summed E-state index contributed by atoms with van der Waals surface area (Å²) in [4.78, 5) is 0. The maximum Gasteiger partial charge on any atom is 0.0998 e. The number of hydrogen-bond acceptors (Lipinski definition) is 8. The second-order valence-corrected chi connectivity index (χ2v) is 11.1. The number of anilines is 4. The quantitative estimate of drug-likeness (QED) is 0.140. The van der Waals surface area contributed by atoms with Crippen LogP contribution in [0.2, 0.25) is 0 Å². The molecule has 0 aliphatic heterocycles. The minimum Gasteiger partial charge on any atom is -0.398 e. The summed E-state index contributed by atoms with van der Waals surface area (Å²) in [6.45, 7) is 0. The third-order valence-corrected chi connectivity index (χ3v) is 8.28. The van der Waals surface area contributed by atoms with Crippen molar-refractivity contribution in [1.82, 2.24) is 0 Å². The summed E-state index contributed by atoms with van der Waals surface area (Å²) < 4.78 is 0. The third kappa shape index (κ3) is 5.35. The lowest BCUT2D eigenvalue weighted by Gasteiger charge is -2.18. The zero-order valence-electron chi connectivity index (χ0n) is 25.5. The van der Waals surface area contributed by atoms with Crippen LogP contribution < -0.4 is 22.9 Å². The van der Waals surface area contributed by atoms with Crippen molar-refractivity contribution in [3.63, 3.8) is 0 Å². The van der Waals surface area contributed by atoms with E-state index in [1.807, 2.05) is 60.7 Å². The normalized spacial score (nSPS) is 10.3. The number of nitrogens with two attached hydrogens (primary N) is 4. The molecule has 0 unspecified atom stereocenters. The molecule has 226 valence electrons. The van der Waals surface area contributed by atoms with Gasteiger partial charge in [-0.05, 0) is 59.7 Å². The van der Waals surface area contributed by atoms with Gasteiger partial charge in [-0.25, -0.2) is 0 Å². The van der Waals surface area contributed by atoms with E-state index in [0.717, 1.165) is 11.1 Å². The number of nitrogen functional groups attached to an aromatic ring is 4. The maximum absolute atomic E-state index is 10.2. The standard InChI is InChI=1S/C40H26N8/c41-19-25-11-37(45)33(23-7-3-1-4-8-23)15-29(25)31-17-35(39(47)13-27(31)21-43)36-18-32(28(22-44)14-40(36)48)30-16-34(24-9-5-2-6-10-24)38(46)12-26(30)20-42/h1-18H,45-48H2. The molecule has 6 rings (SSSR count). The molecule has 0 atom stereocenters. The molecule has 0 saturated heterocycles. The lowest BCUT2D eigenvalue weighted by molar-refractivity contribution is 1.44. The Morgan fingerprint density at radius 2 is 0.562 bits per heavy atom. The second-order valence-electron chi connectivity index (χ2n) is 11.1. The first kappa shape index (κ1) is 30.5. The van der Waals surface area contributed by atoms with Gasteiger partial charge in [0.1, 0.15) is 0 Å². The molecule has 0 spiro atoms. The molecule has 0 heterocycles. The summed E-state index contributed by atoms with van der Waals surface area (Å²) in [6.07, 6.45) is 0. The van der Waals surface area contributed by atoms with Crippen molar-refractivity contribution in [3.8, 4) is 79.9 Å². The van der Waals surface area contributed by atoms with Crippen molar-refractivity contribution < 1.29 is 0 Å². The van der Waals surface area contributed by atoms with Crippen LogP contribution in [0, 0.1) is 45.3 Å². The predicted octanol–water partition coefficient (Wildman–Crippen LogP) is 7.84. The van der Waals surface area contributed by atoms with Crippen LogP contribution in [0.15, 0.2) is 109 Å². The Labute approximate surface area is 277 Å². The highest BCUT2D eigenvalue weighted by molar-refractivity contribution is 5.96. The average Bonchev–Trinajstić information content (AvgIpc) is 3.12. The monoisotopic (exact) mass is 618 g/mol. The lowest BCUT2D eigenvalue weighted by Crippen LogP contribution is -2.01. The Balaban J connectivity index is 1.60. The summed E-state index contributed by atoms with van der Waals surface area (Å²) in [5.41, 5.74) is 34.3. The van der Waals surface area contributed by atoms with Gasteiger partial charge in [-0.3, -0.25) is 0 Å². The molecule has 0 aromatic heterocycles. The molecule has 0 saturated carbocycles. The van der Waals surface area contributed by atoms with Crippen molar-refractivity contribution in [2.24, 2.45) is 0 Å². The fourth-order valence-electron chi connectivity index (χ4n) is 5.93. The topological polar surface area (TPSA) is 199 Å². The fourth-order valence-corrected chi connectivity index (χ4v) is 5.93. The molecule has 0 bridgehead atoms. The molecule has 6 aromatic carbocycles. The lowest BCUT2D eigenvalue weighted by atomic mass is 9.86. The smallest absolute Gasteiger partial charge is 0.0998 e. The van der Waals surface area contributed by atoms with Gasteiger partial charge in [0.2, 0.25) is 0 Å². The second kappa shape index (κ2) is 12.5. The Bertz CT molecular complexity index is 2250. The molecule has 48 heavy (non-hydrogen) atoms. The van der Waals surface area contributed by atoms with Crippen LogP contribution in [0.1, 0.15) is 22.3 Å². The van der Waals surface area contributed by atoms with E-state index in [0.29, 0.717) is 55.9 Å². The molecule has 8 nitrogen and oxygen atoms in total. The van der Waals surface area contributed by atoms with E-state index in [-0.39, 0.29) is 33.6 Å². The van der Waals surface area contributed by atoms with Crippen molar-refractivity contribution in [2.45, 2.75) is 0 Å². The number of benzene rings is 6. The molecule has 6 aromatic rings. The van der Waals surface area contributed by atoms with Crippen molar-refractivity contribution in [1.29, 1.82) is 21.0 Å². The van der Waals surface area contributed by atoms with E-state index >= 15 is 0 Å². The number of hydrogen-bond donors (Lipinski definition) is 4. The van der Waals surface area contributed by atoms with Crippen molar-refractivity contribution in [3.05, 3.63) is 131 Å². The van der Waals surface area contributed by atoms with Crippen LogP contribution in [0.3, 0.4) is 0 Å². The van der Waals surface area contributed by atoms with Gasteiger partial charge >= 0.3 is 0 Å². The van der Waals surface area contributed by atoms with E-state index in [1.165, 1.54) is 0 Å². The Kier molecular flexibility index (Phi) is 7.92. The largest absolute Gasteiger partial charge is 0.398 e. The van der Waals surface area contributed by atoms with E-state index in [2.05, 4.69) is 24.3 Å².